The minimum atomic E-state index is -0.00128. The summed E-state index contributed by atoms with van der Waals surface area (Å²) in [4.78, 5) is 19.0. The molecule has 3 N–H and O–H groups in total. The zero-order valence-corrected chi connectivity index (χ0v) is 10.2. The molecule has 0 aliphatic carbocycles. The van der Waals surface area contributed by atoms with E-state index in [1.54, 1.807) is 6.20 Å². The Kier molecular flexibility index (Phi) is 4.14. The van der Waals surface area contributed by atoms with E-state index in [9.17, 15) is 4.79 Å². The lowest BCUT2D eigenvalue weighted by molar-refractivity contribution is -0.123. The Balaban J connectivity index is 1.63. The number of aromatic nitrogens is 2. The molecule has 0 radical (unpaired) electrons. The first-order valence-corrected chi connectivity index (χ1v) is 6.26. The molecule has 1 aliphatic rings. The molecule has 1 aliphatic heterocycles. The quantitative estimate of drug-likeness (QED) is 0.650. The van der Waals surface area contributed by atoms with Crippen molar-refractivity contribution in [1.29, 1.82) is 0 Å². The van der Waals surface area contributed by atoms with Crippen molar-refractivity contribution in [2.24, 2.45) is 5.92 Å². The molecule has 5 nitrogen and oxygen atoms in total. The topological polar surface area (TPSA) is 69.8 Å². The predicted octanol–water partition coefficient (Wildman–Crippen LogP) is 0.457. The van der Waals surface area contributed by atoms with Crippen LogP contribution in [0.5, 0.6) is 0 Å². The monoisotopic (exact) mass is 236 g/mol. The molecule has 1 aromatic rings. The van der Waals surface area contributed by atoms with Crippen LogP contribution in [0, 0.1) is 5.92 Å². The number of hydrogen-bond acceptors (Lipinski definition) is 3. The fourth-order valence-electron chi connectivity index (χ4n) is 2.20. The molecular weight excluding hydrogens is 216 g/mol. The van der Waals surface area contributed by atoms with Gasteiger partial charge in [0.15, 0.2) is 0 Å². The lowest BCUT2D eigenvalue weighted by Crippen LogP contribution is -2.43. The SMILES string of the molecule is CC1CCNC1C(=O)NCCCc1ncc[nH]1. The normalized spacial score (nSPS) is 23.8. The van der Waals surface area contributed by atoms with E-state index in [0.29, 0.717) is 12.5 Å². The fourth-order valence-corrected chi connectivity index (χ4v) is 2.20. The number of carbonyl (C=O) groups is 1. The van der Waals surface area contributed by atoms with Gasteiger partial charge in [0.05, 0.1) is 6.04 Å². The third-order valence-corrected chi connectivity index (χ3v) is 3.26. The van der Waals surface area contributed by atoms with Gasteiger partial charge >= 0.3 is 0 Å². The number of aromatic amines is 1. The summed E-state index contributed by atoms with van der Waals surface area (Å²) in [7, 11) is 0. The molecule has 2 unspecified atom stereocenters. The van der Waals surface area contributed by atoms with Gasteiger partial charge in [0.2, 0.25) is 5.91 Å². The number of H-pyrrole nitrogens is 1. The van der Waals surface area contributed by atoms with Crippen molar-refractivity contribution in [1.82, 2.24) is 20.6 Å². The van der Waals surface area contributed by atoms with Gasteiger partial charge in [0.25, 0.3) is 0 Å². The standard InChI is InChI=1S/C12H20N4O/c1-9-4-6-15-11(9)12(17)16-5-2-3-10-13-7-8-14-10/h7-9,11,15H,2-6H2,1H3,(H,13,14)(H,16,17). The molecule has 0 aromatic carbocycles. The highest BCUT2D eigenvalue weighted by atomic mass is 16.2. The van der Waals surface area contributed by atoms with Crippen LogP contribution < -0.4 is 10.6 Å². The third-order valence-electron chi connectivity index (χ3n) is 3.26. The maximum atomic E-state index is 11.8. The highest BCUT2D eigenvalue weighted by molar-refractivity contribution is 5.82. The van der Waals surface area contributed by atoms with E-state index >= 15 is 0 Å². The highest BCUT2D eigenvalue weighted by Gasteiger charge is 2.28. The molecule has 0 bridgehead atoms. The van der Waals surface area contributed by atoms with E-state index in [2.05, 4.69) is 27.5 Å². The molecule has 94 valence electrons. The van der Waals surface area contributed by atoms with E-state index in [-0.39, 0.29) is 11.9 Å². The molecular formula is C12H20N4O. The Morgan fingerprint density at radius 2 is 2.53 bits per heavy atom. The van der Waals surface area contributed by atoms with Gasteiger partial charge in [-0.25, -0.2) is 4.98 Å². The van der Waals surface area contributed by atoms with Crippen LogP contribution in [0.15, 0.2) is 12.4 Å². The average molecular weight is 236 g/mol. The molecule has 1 saturated heterocycles. The number of rotatable bonds is 5. The molecule has 5 heteroatoms. The lowest BCUT2D eigenvalue weighted by Gasteiger charge is -2.15. The minimum Gasteiger partial charge on any atom is -0.355 e. The highest BCUT2D eigenvalue weighted by Crippen LogP contribution is 2.14. The molecule has 1 fully saturated rings. The van der Waals surface area contributed by atoms with Gasteiger partial charge in [0, 0.05) is 25.4 Å². The van der Waals surface area contributed by atoms with Crippen molar-refractivity contribution in [3.8, 4) is 0 Å². The van der Waals surface area contributed by atoms with Crippen molar-refractivity contribution in [3.05, 3.63) is 18.2 Å². The molecule has 0 spiro atoms. The summed E-state index contributed by atoms with van der Waals surface area (Å²) >= 11 is 0. The fraction of sp³-hybridized carbons (Fsp3) is 0.667. The summed E-state index contributed by atoms with van der Waals surface area (Å²) in [6, 6.07) is -0.00128. The van der Waals surface area contributed by atoms with Crippen molar-refractivity contribution < 1.29 is 4.79 Å². The summed E-state index contributed by atoms with van der Waals surface area (Å²) in [6.45, 7) is 3.78. The second-order valence-electron chi connectivity index (χ2n) is 4.63. The van der Waals surface area contributed by atoms with Crippen LogP contribution in [0.4, 0.5) is 0 Å². The van der Waals surface area contributed by atoms with E-state index < -0.39 is 0 Å². The molecule has 2 atom stereocenters. The Bertz CT molecular complexity index is 349. The van der Waals surface area contributed by atoms with E-state index in [0.717, 1.165) is 31.6 Å². The van der Waals surface area contributed by atoms with Crippen molar-refractivity contribution in [2.75, 3.05) is 13.1 Å². The van der Waals surface area contributed by atoms with Gasteiger partial charge in [-0.2, -0.15) is 0 Å². The first-order chi connectivity index (χ1) is 8.27. The van der Waals surface area contributed by atoms with Gasteiger partial charge in [0.1, 0.15) is 5.82 Å². The van der Waals surface area contributed by atoms with Crippen LogP contribution in [0.3, 0.4) is 0 Å². The number of carbonyl (C=O) groups excluding carboxylic acids is 1. The number of imidazole rings is 1. The smallest absolute Gasteiger partial charge is 0.237 e. The Morgan fingerprint density at radius 1 is 1.65 bits per heavy atom. The van der Waals surface area contributed by atoms with E-state index in [1.807, 2.05) is 6.20 Å². The molecule has 2 rings (SSSR count). The van der Waals surface area contributed by atoms with Crippen molar-refractivity contribution >= 4 is 5.91 Å². The molecule has 0 saturated carbocycles. The summed E-state index contributed by atoms with van der Waals surface area (Å²) in [5.41, 5.74) is 0. The number of hydrogen-bond donors (Lipinski definition) is 3. The van der Waals surface area contributed by atoms with Gasteiger partial charge < -0.3 is 15.6 Å². The molecule has 1 aromatic heterocycles. The van der Waals surface area contributed by atoms with Crippen LogP contribution in [0.25, 0.3) is 0 Å². The Labute approximate surface area is 101 Å². The third kappa shape index (κ3) is 3.30. The van der Waals surface area contributed by atoms with Crippen LogP contribution in [-0.2, 0) is 11.2 Å². The van der Waals surface area contributed by atoms with Crippen LogP contribution in [-0.4, -0.2) is 35.0 Å². The van der Waals surface area contributed by atoms with Gasteiger partial charge in [-0.1, -0.05) is 6.92 Å². The van der Waals surface area contributed by atoms with Crippen molar-refractivity contribution in [3.63, 3.8) is 0 Å². The van der Waals surface area contributed by atoms with Gasteiger partial charge in [-0.05, 0) is 25.3 Å². The number of nitrogens with one attached hydrogen (secondary N) is 3. The van der Waals surface area contributed by atoms with Gasteiger partial charge in [-0.3, -0.25) is 4.79 Å². The average Bonchev–Trinajstić information content (AvgIpc) is 2.95. The maximum absolute atomic E-state index is 11.8. The summed E-state index contributed by atoms with van der Waals surface area (Å²) in [6.07, 6.45) is 6.45. The van der Waals surface area contributed by atoms with Crippen LogP contribution >= 0.6 is 0 Å². The number of aryl methyl sites for hydroxylation is 1. The number of amides is 1. The lowest BCUT2D eigenvalue weighted by atomic mass is 10.0. The molecule has 17 heavy (non-hydrogen) atoms. The van der Waals surface area contributed by atoms with E-state index in [4.69, 9.17) is 0 Å². The second-order valence-corrected chi connectivity index (χ2v) is 4.63. The number of nitrogens with zero attached hydrogens (tertiary/aromatic N) is 1. The summed E-state index contributed by atoms with van der Waals surface area (Å²) in [5, 5.41) is 6.20. The van der Waals surface area contributed by atoms with Gasteiger partial charge in [-0.15, -0.1) is 0 Å². The molecule has 2 heterocycles. The first kappa shape index (κ1) is 12.1. The Hall–Kier alpha value is -1.36. The second kappa shape index (κ2) is 5.82. The minimum absolute atomic E-state index is 0.00128. The maximum Gasteiger partial charge on any atom is 0.237 e. The Morgan fingerprint density at radius 3 is 3.18 bits per heavy atom. The molecule has 1 amide bonds. The van der Waals surface area contributed by atoms with E-state index in [1.165, 1.54) is 0 Å². The largest absolute Gasteiger partial charge is 0.355 e. The first-order valence-electron chi connectivity index (χ1n) is 6.26. The summed E-state index contributed by atoms with van der Waals surface area (Å²) < 4.78 is 0. The zero-order chi connectivity index (χ0) is 12.1. The van der Waals surface area contributed by atoms with Crippen molar-refractivity contribution in [2.45, 2.75) is 32.2 Å². The predicted molar refractivity (Wildman–Crippen MR) is 65.5 cm³/mol. The zero-order valence-electron chi connectivity index (χ0n) is 10.2. The summed E-state index contributed by atoms with van der Waals surface area (Å²) in [5.74, 6) is 1.56. The van der Waals surface area contributed by atoms with Crippen LogP contribution in [0.2, 0.25) is 0 Å². The van der Waals surface area contributed by atoms with Crippen LogP contribution in [0.1, 0.15) is 25.6 Å².